The largest absolute Gasteiger partial charge is 0.508 e. The fourth-order valence-electron chi connectivity index (χ4n) is 2.38. The molecule has 0 radical (unpaired) electrons. The van der Waals surface area contributed by atoms with E-state index >= 15 is 0 Å². The van der Waals surface area contributed by atoms with Crippen LogP contribution >= 0.6 is 12.6 Å². The predicted molar refractivity (Wildman–Crippen MR) is 112 cm³/mol. The third kappa shape index (κ3) is 9.35. The van der Waals surface area contributed by atoms with Crippen molar-refractivity contribution in [1.29, 1.82) is 0 Å². The zero-order chi connectivity index (χ0) is 23.6. The first-order valence-electron chi connectivity index (χ1n) is 9.06. The molecule has 0 aliphatic carbocycles. The zero-order valence-corrected chi connectivity index (χ0v) is 17.3. The maximum absolute atomic E-state index is 12.3. The lowest BCUT2D eigenvalue weighted by Gasteiger charge is -2.19. The van der Waals surface area contributed by atoms with Crippen LogP contribution in [0.4, 0.5) is 0 Å². The summed E-state index contributed by atoms with van der Waals surface area (Å²) in [5.41, 5.74) is 11.1. The zero-order valence-electron chi connectivity index (χ0n) is 16.4. The van der Waals surface area contributed by atoms with Crippen LogP contribution in [-0.2, 0) is 30.4 Å². The number of rotatable bonds is 12. The molecule has 9 N–H and O–H groups in total. The number of carbonyl (C=O) groups excluding carboxylic acids is 4. The van der Waals surface area contributed by atoms with Crippen LogP contribution in [0.3, 0.4) is 0 Å². The highest BCUT2D eigenvalue weighted by molar-refractivity contribution is 7.80. The Morgan fingerprint density at radius 3 is 2.13 bits per heavy atom. The summed E-state index contributed by atoms with van der Waals surface area (Å²) in [7, 11) is 0. The predicted octanol–water partition coefficient (Wildman–Crippen LogP) is -2.76. The molecule has 0 spiro atoms. The highest BCUT2D eigenvalue weighted by Crippen LogP contribution is 2.11. The second-order valence-electron chi connectivity index (χ2n) is 6.57. The number of benzene rings is 1. The summed E-state index contributed by atoms with van der Waals surface area (Å²) in [4.78, 5) is 58.8. The van der Waals surface area contributed by atoms with Gasteiger partial charge in [-0.05, 0) is 17.7 Å². The highest BCUT2D eigenvalue weighted by atomic mass is 32.1. The molecule has 1 rings (SSSR count). The second kappa shape index (κ2) is 12.4. The number of aromatic hydroxyl groups is 1. The molecule has 31 heavy (non-hydrogen) atoms. The van der Waals surface area contributed by atoms with Gasteiger partial charge in [-0.15, -0.1) is 0 Å². The van der Waals surface area contributed by atoms with Crippen molar-refractivity contribution in [3.05, 3.63) is 29.8 Å². The Morgan fingerprint density at radius 1 is 1.00 bits per heavy atom. The van der Waals surface area contributed by atoms with Crippen LogP contribution in [0.2, 0.25) is 0 Å². The van der Waals surface area contributed by atoms with E-state index in [0.717, 1.165) is 0 Å². The van der Waals surface area contributed by atoms with E-state index in [0.29, 0.717) is 5.56 Å². The van der Waals surface area contributed by atoms with Crippen LogP contribution in [0, 0.1) is 0 Å². The summed E-state index contributed by atoms with van der Waals surface area (Å²) in [6, 6.07) is 2.09. The molecule has 4 amide bonds. The second-order valence-corrected chi connectivity index (χ2v) is 6.93. The average molecular weight is 455 g/mol. The number of primary amides is 1. The molecule has 0 aromatic heterocycles. The van der Waals surface area contributed by atoms with Crippen LogP contribution in [0.15, 0.2) is 24.3 Å². The summed E-state index contributed by atoms with van der Waals surface area (Å²) >= 11 is 3.86. The van der Waals surface area contributed by atoms with E-state index in [9.17, 15) is 34.2 Å². The summed E-state index contributed by atoms with van der Waals surface area (Å²) in [5, 5.41) is 25.3. The number of hydrogen-bond donors (Lipinski definition) is 8. The van der Waals surface area contributed by atoms with Crippen molar-refractivity contribution < 1.29 is 34.2 Å². The molecular weight excluding hydrogens is 430 g/mol. The summed E-state index contributed by atoms with van der Waals surface area (Å²) < 4.78 is 0. The van der Waals surface area contributed by atoms with Crippen molar-refractivity contribution in [3.8, 4) is 5.75 Å². The van der Waals surface area contributed by atoms with Crippen molar-refractivity contribution >= 4 is 42.2 Å². The Balaban J connectivity index is 2.67. The number of nitrogens with two attached hydrogens (primary N) is 2. The third-order valence-electron chi connectivity index (χ3n) is 4.00. The normalized spacial score (nSPS) is 13.4. The van der Waals surface area contributed by atoms with Gasteiger partial charge in [0.1, 0.15) is 17.8 Å². The van der Waals surface area contributed by atoms with Gasteiger partial charge in [0.2, 0.25) is 23.6 Å². The molecule has 0 saturated carbocycles. The fraction of sp³-hybridized carbons (Fsp3) is 0.389. The van der Waals surface area contributed by atoms with Gasteiger partial charge in [0.05, 0.1) is 19.0 Å². The number of carboxylic acids is 1. The smallest absolute Gasteiger partial charge is 0.326 e. The van der Waals surface area contributed by atoms with Gasteiger partial charge >= 0.3 is 5.97 Å². The number of aliphatic carboxylic acids is 1. The van der Waals surface area contributed by atoms with Crippen LogP contribution < -0.4 is 27.4 Å². The number of phenols is 1. The third-order valence-corrected chi connectivity index (χ3v) is 4.40. The molecule has 0 aliphatic rings. The Bertz CT molecular complexity index is 818. The van der Waals surface area contributed by atoms with E-state index in [2.05, 4.69) is 28.6 Å². The molecule has 0 bridgehead atoms. The van der Waals surface area contributed by atoms with Gasteiger partial charge in [-0.25, -0.2) is 4.79 Å². The van der Waals surface area contributed by atoms with E-state index in [1.807, 2.05) is 0 Å². The molecule has 13 heteroatoms. The quantitative estimate of drug-likeness (QED) is 0.154. The fourth-order valence-corrected chi connectivity index (χ4v) is 2.54. The number of hydrogen-bond acceptors (Lipinski definition) is 8. The average Bonchev–Trinajstić information content (AvgIpc) is 2.71. The highest BCUT2D eigenvalue weighted by Gasteiger charge is 2.26. The molecule has 12 nitrogen and oxygen atoms in total. The molecule has 3 unspecified atom stereocenters. The Hall–Kier alpha value is -3.32. The SMILES string of the molecule is NC(=O)CC(NC(=O)C(N)CS)C(=O)NCC(=O)NC(Cc1ccc(O)cc1)C(=O)O. The molecule has 1 aromatic carbocycles. The lowest BCUT2D eigenvalue weighted by atomic mass is 10.1. The van der Waals surface area contributed by atoms with E-state index in [4.69, 9.17) is 11.5 Å². The number of phenolic OH excluding ortho intramolecular Hbond substituents is 1. The number of nitrogens with one attached hydrogen (secondary N) is 3. The summed E-state index contributed by atoms with van der Waals surface area (Å²) in [5.74, 6) is -4.58. The lowest BCUT2D eigenvalue weighted by Crippen LogP contribution is -2.54. The van der Waals surface area contributed by atoms with Crippen molar-refractivity contribution in [3.63, 3.8) is 0 Å². The minimum atomic E-state index is -1.36. The first-order valence-corrected chi connectivity index (χ1v) is 9.69. The molecule has 170 valence electrons. The molecule has 1 aromatic rings. The maximum Gasteiger partial charge on any atom is 0.326 e. The van der Waals surface area contributed by atoms with Gasteiger partial charge in [0.15, 0.2) is 0 Å². The van der Waals surface area contributed by atoms with Crippen LogP contribution in [0.1, 0.15) is 12.0 Å². The van der Waals surface area contributed by atoms with Crippen molar-refractivity contribution in [2.75, 3.05) is 12.3 Å². The standard InChI is InChI=1S/C18H25N5O7S/c19-11(8-31)16(27)23-12(6-14(20)25)17(28)21-7-15(26)22-13(18(29)30)5-9-1-3-10(24)4-2-9/h1-4,11-13,24,31H,5-8,19H2,(H2,20,25)(H,21,28)(H,22,26)(H,23,27)(H,29,30). The van der Waals surface area contributed by atoms with Gasteiger partial charge < -0.3 is 37.6 Å². The lowest BCUT2D eigenvalue weighted by molar-refractivity contribution is -0.141. The van der Waals surface area contributed by atoms with E-state index in [1.54, 1.807) is 0 Å². The van der Waals surface area contributed by atoms with E-state index in [1.165, 1.54) is 24.3 Å². The molecule has 3 atom stereocenters. The van der Waals surface area contributed by atoms with Gasteiger partial charge in [-0.2, -0.15) is 12.6 Å². The summed E-state index contributed by atoms with van der Waals surface area (Å²) in [6.07, 6.45) is -0.589. The van der Waals surface area contributed by atoms with Crippen LogP contribution in [-0.4, -0.2) is 70.2 Å². The molecular formula is C18H25N5O7S. The topological polar surface area (TPSA) is 214 Å². The number of thiol groups is 1. The molecule has 0 aliphatic heterocycles. The number of carbonyl (C=O) groups is 5. The minimum Gasteiger partial charge on any atom is -0.508 e. The van der Waals surface area contributed by atoms with Gasteiger partial charge in [0, 0.05) is 12.2 Å². The number of amides is 4. The molecule has 0 saturated heterocycles. The molecule has 0 heterocycles. The first-order chi connectivity index (χ1) is 14.5. The molecule has 0 fully saturated rings. The maximum atomic E-state index is 12.3. The van der Waals surface area contributed by atoms with E-state index < -0.39 is 60.7 Å². The monoisotopic (exact) mass is 455 g/mol. The van der Waals surface area contributed by atoms with Crippen LogP contribution in [0.25, 0.3) is 0 Å². The van der Waals surface area contributed by atoms with Crippen molar-refractivity contribution in [1.82, 2.24) is 16.0 Å². The van der Waals surface area contributed by atoms with Gasteiger partial charge in [-0.1, -0.05) is 12.1 Å². The van der Waals surface area contributed by atoms with Crippen molar-refractivity contribution in [2.24, 2.45) is 11.5 Å². The summed E-state index contributed by atoms with van der Waals surface area (Å²) in [6.45, 7) is -0.609. The van der Waals surface area contributed by atoms with Gasteiger partial charge in [-0.3, -0.25) is 19.2 Å². The minimum absolute atomic E-state index is 0.00322. The number of carboxylic acid groups (broad SMARTS) is 1. The Kier molecular flexibility index (Phi) is 10.3. The Labute approximate surface area is 183 Å². The van der Waals surface area contributed by atoms with Crippen molar-refractivity contribution in [2.45, 2.75) is 31.0 Å². The Morgan fingerprint density at radius 2 is 1.61 bits per heavy atom. The van der Waals surface area contributed by atoms with Gasteiger partial charge in [0.25, 0.3) is 0 Å². The first kappa shape index (κ1) is 25.7. The van der Waals surface area contributed by atoms with E-state index in [-0.39, 0.29) is 17.9 Å². The van der Waals surface area contributed by atoms with Crippen LogP contribution in [0.5, 0.6) is 5.75 Å².